The molecule has 0 radical (unpaired) electrons. The molecule has 0 aliphatic rings. The van der Waals surface area contributed by atoms with E-state index in [2.05, 4.69) is 118 Å². The van der Waals surface area contributed by atoms with E-state index in [4.69, 9.17) is 14.2 Å². The average Bonchev–Trinajstić information content (AvgIpc) is 3.14. The summed E-state index contributed by atoms with van der Waals surface area (Å²) >= 11 is 0. The fraction of sp³-hybridized carbons (Fsp3) is 0.587. The van der Waals surface area contributed by atoms with Crippen LogP contribution in [0.5, 0.6) is 0 Å². The summed E-state index contributed by atoms with van der Waals surface area (Å²) in [6.45, 7) is 6.13. The molecule has 6 heteroatoms. The quantitative estimate of drug-likeness (QED) is 0.0285. The normalized spacial score (nSPS) is 13.1. The van der Waals surface area contributed by atoms with E-state index in [0.717, 1.165) is 103 Å². The third-order valence-electron chi connectivity index (χ3n) is 7.81. The summed E-state index contributed by atoms with van der Waals surface area (Å²) in [5, 5.41) is 0. The molecule has 1 unspecified atom stereocenters. The highest BCUT2D eigenvalue weighted by Crippen LogP contribution is 2.10. The van der Waals surface area contributed by atoms with Gasteiger partial charge in [0, 0.05) is 19.3 Å². The van der Waals surface area contributed by atoms with Crippen LogP contribution in [0.1, 0.15) is 156 Å². The Labute approximate surface area is 317 Å². The van der Waals surface area contributed by atoms with Crippen LogP contribution in [-0.2, 0) is 28.6 Å². The molecule has 0 bridgehead atoms. The Hall–Kier alpha value is -3.67. The molecule has 0 fully saturated rings. The summed E-state index contributed by atoms with van der Waals surface area (Å²) in [5.74, 6) is -1.07. The van der Waals surface area contributed by atoms with E-state index in [-0.39, 0.29) is 44.0 Å². The lowest BCUT2D eigenvalue weighted by atomic mass is 10.1. The Kier molecular flexibility index (Phi) is 37.3. The van der Waals surface area contributed by atoms with Gasteiger partial charge >= 0.3 is 17.9 Å². The topological polar surface area (TPSA) is 78.9 Å². The molecule has 0 aromatic carbocycles. The Balaban J connectivity index is 4.57. The molecule has 6 nitrogen and oxygen atoms in total. The molecule has 0 aliphatic heterocycles. The highest BCUT2D eigenvalue weighted by atomic mass is 16.6. The van der Waals surface area contributed by atoms with E-state index >= 15 is 0 Å². The molecule has 0 rings (SSSR count). The minimum absolute atomic E-state index is 0.123. The predicted molar refractivity (Wildman–Crippen MR) is 219 cm³/mol. The van der Waals surface area contributed by atoms with Crippen molar-refractivity contribution in [1.29, 1.82) is 0 Å². The monoisotopic (exact) mass is 721 g/mol. The van der Waals surface area contributed by atoms with E-state index in [0.29, 0.717) is 19.3 Å². The minimum Gasteiger partial charge on any atom is -0.462 e. The molecule has 0 saturated carbocycles. The number of carbonyl (C=O) groups excluding carboxylic acids is 3. The zero-order valence-electron chi connectivity index (χ0n) is 33.0. The van der Waals surface area contributed by atoms with Crippen LogP contribution in [0.3, 0.4) is 0 Å². The van der Waals surface area contributed by atoms with Gasteiger partial charge in [0.2, 0.25) is 0 Å². The number of esters is 3. The molecule has 0 N–H and O–H groups in total. The number of hydrogen-bond donors (Lipinski definition) is 0. The summed E-state index contributed by atoms with van der Waals surface area (Å²) < 4.78 is 16.5. The van der Waals surface area contributed by atoms with Gasteiger partial charge in [0.1, 0.15) is 13.2 Å². The Morgan fingerprint density at radius 2 is 0.712 bits per heavy atom. The van der Waals surface area contributed by atoms with Crippen molar-refractivity contribution in [2.75, 3.05) is 13.2 Å². The van der Waals surface area contributed by atoms with Crippen molar-refractivity contribution < 1.29 is 28.6 Å². The van der Waals surface area contributed by atoms with Crippen LogP contribution in [0.25, 0.3) is 0 Å². The van der Waals surface area contributed by atoms with Crippen molar-refractivity contribution in [3.05, 3.63) is 97.2 Å². The van der Waals surface area contributed by atoms with Gasteiger partial charge in [-0.2, -0.15) is 0 Å². The van der Waals surface area contributed by atoms with E-state index < -0.39 is 6.10 Å². The number of carbonyl (C=O) groups is 3. The van der Waals surface area contributed by atoms with Gasteiger partial charge < -0.3 is 14.2 Å². The Bertz CT molecular complexity index is 1100. The van der Waals surface area contributed by atoms with Crippen molar-refractivity contribution in [3.63, 3.8) is 0 Å². The van der Waals surface area contributed by atoms with Crippen LogP contribution in [0.2, 0.25) is 0 Å². The van der Waals surface area contributed by atoms with Crippen LogP contribution in [0.4, 0.5) is 0 Å². The van der Waals surface area contributed by atoms with Crippen molar-refractivity contribution in [3.8, 4) is 0 Å². The lowest BCUT2D eigenvalue weighted by Gasteiger charge is -2.18. The minimum atomic E-state index is -0.827. The van der Waals surface area contributed by atoms with Gasteiger partial charge in [-0.25, -0.2) is 0 Å². The van der Waals surface area contributed by atoms with Gasteiger partial charge in [-0.3, -0.25) is 14.4 Å². The summed E-state index contributed by atoms with van der Waals surface area (Å²) in [4.78, 5) is 37.5. The maximum absolute atomic E-state index is 12.6. The molecule has 0 aliphatic carbocycles. The summed E-state index contributed by atoms with van der Waals surface area (Å²) in [6, 6.07) is 0. The highest BCUT2D eigenvalue weighted by molar-refractivity contribution is 5.71. The number of unbranched alkanes of at least 4 members (excludes halogenated alkanes) is 7. The molecule has 0 saturated heterocycles. The van der Waals surface area contributed by atoms with Crippen LogP contribution in [-0.4, -0.2) is 37.2 Å². The summed E-state index contributed by atoms with van der Waals surface area (Å²) in [6.07, 6.45) is 51.3. The van der Waals surface area contributed by atoms with Crippen LogP contribution in [0.15, 0.2) is 97.2 Å². The third kappa shape index (κ3) is 37.6. The average molecular weight is 721 g/mol. The molecule has 292 valence electrons. The SMILES string of the molecule is CC/C=C\C/C=C\C/C=C\CCCC(=O)OCC(COC(=O)CCCCCCC/C=C\C/C=C\CC)OC(=O)CCC/C=C\C/C=C\C/C=C\CC. The second kappa shape index (κ2) is 40.1. The molecular formula is C46H72O6. The van der Waals surface area contributed by atoms with E-state index in [1.54, 1.807) is 0 Å². The van der Waals surface area contributed by atoms with Crippen LogP contribution < -0.4 is 0 Å². The van der Waals surface area contributed by atoms with Crippen LogP contribution in [0, 0.1) is 0 Å². The number of ether oxygens (including phenoxy) is 3. The van der Waals surface area contributed by atoms with Gasteiger partial charge in [-0.15, -0.1) is 0 Å². The van der Waals surface area contributed by atoms with Crippen molar-refractivity contribution >= 4 is 17.9 Å². The van der Waals surface area contributed by atoms with Gasteiger partial charge in [0.25, 0.3) is 0 Å². The maximum atomic E-state index is 12.6. The zero-order valence-corrected chi connectivity index (χ0v) is 33.0. The Morgan fingerprint density at radius 3 is 1.15 bits per heavy atom. The van der Waals surface area contributed by atoms with Crippen molar-refractivity contribution in [2.45, 2.75) is 162 Å². The van der Waals surface area contributed by atoms with Crippen molar-refractivity contribution in [2.24, 2.45) is 0 Å². The number of rotatable bonds is 34. The zero-order chi connectivity index (χ0) is 38.0. The molecule has 1 atom stereocenters. The van der Waals surface area contributed by atoms with Crippen molar-refractivity contribution in [1.82, 2.24) is 0 Å². The molecule has 0 aromatic rings. The molecule has 0 amide bonds. The fourth-order valence-corrected chi connectivity index (χ4v) is 4.88. The fourth-order valence-electron chi connectivity index (χ4n) is 4.88. The summed E-state index contributed by atoms with van der Waals surface area (Å²) in [7, 11) is 0. The van der Waals surface area contributed by atoms with Gasteiger partial charge in [0.05, 0.1) is 0 Å². The van der Waals surface area contributed by atoms with E-state index in [1.807, 2.05) is 0 Å². The van der Waals surface area contributed by atoms with E-state index in [9.17, 15) is 14.4 Å². The molecule has 0 heterocycles. The largest absolute Gasteiger partial charge is 0.462 e. The molecule has 0 spiro atoms. The second-order valence-corrected chi connectivity index (χ2v) is 12.7. The predicted octanol–water partition coefficient (Wildman–Crippen LogP) is 12.7. The maximum Gasteiger partial charge on any atom is 0.306 e. The number of hydrogen-bond acceptors (Lipinski definition) is 6. The second-order valence-electron chi connectivity index (χ2n) is 12.7. The first-order chi connectivity index (χ1) is 25.5. The molecule has 52 heavy (non-hydrogen) atoms. The highest BCUT2D eigenvalue weighted by Gasteiger charge is 2.19. The smallest absolute Gasteiger partial charge is 0.306 e. The first-order valence-electron chi connectivity index (χ1n) is 20.2. The van der Waals surface area contributed by atoms with Crippen LogP contribution >= 0.6 is 0 Å². The lowest BCUT2D eigenvalue weighted by molar-refractivity contribution is -0.167. The van der Waals surface area contributed by atoms with Gasteiger partial charge in [0.15, 0.2) is 6.10 Å². The van der Waals surface area contributed by atoms with Gasteiger partial charge in [-0.1, -0.05) is 137 Å². The first kappa shape index (κ1) is 48.3. The third-order valence-corrected chi connectivity index (χ3v) is 7.81. The molecular weight excluding hydrogens is 648 g/mol. The standard InChI is InChI=1S/C46H72O6/c1-4-7-10-13-16-19-22-25-27-30-33-36-39-45(48)51-42-43(52-46(49)40-37-34-31-28-24-21-18-15-12-9-6-3)41-50-44(47)38-35-32-29-26-23-20-17-14-11-8-5-2/h7-12,16-21,26,28-29,31,43H,4-6,13-15,22-25,27,30,32-42H2,1-3H3/b10-7-,11-8-,12-9-,19-16-,20-17-,21-18-,29-26-,31-28-. The number of allylic oxidation sites excluding steroid dienone is 16. The van der Waals surface area contributed by atoms with E-state index in [1.165, 1.54) is 0 Å². The first-order valence-corrected chi connectivity index (χ1v) is 20.2. The lowest BCUT2D eigenvalue weighted by Crippen LogP contribution is -2.30. The summed E-state index contributed by atoms with van der Waals surface area (Å²) in [5.41, 5.74) is 0. The molecule has 0 aromatic heterocycles. The Morgan fingerprint density at radius 1 is 0.385 bits per heavy atom. The van der Waals surface area contributed by atoms with Gasteiger partial charge in [-0.05, 0) is 96.3 Å².